The fourth-order valence-corrected chi connectivity index (χ4v) is 4.69. The molecule has 166 valence electrons. The molecule has 0 spiro atoms. The van der Waals surface area contributed by atoms with Crippen molar-refractivity contribution in [1.29, 1.82) is 0 Å². The smallest absolute Gasteiger partial charge is 0.253 e. The van der Waals surface area contributed by atoms with Gasteiger partial charge in [0.25, 0.3) is 5.91 Å². The Bertz CT molecular complexity index is 1060. The lowest BCUT2D eigenvalue weighted by atomic mass is 10.1. The molecule has 0 radical (unpaired) electrons. The van der Waals surface area contributed by atoms with E-state index in [0.717, 1.165) is 22.5 Å². The van der Waals surface area contributed by atoms with E-state index in [-0.39, 0.29) is 43.9 Å². The molecule has 10 heteroatoms. The van der Waals surface area contributed by atoms with Crippen LogP contribution in [0, 0.1) is 17.6 Å². The molecular weight excluding hydrogens is 428 g/mol. The highest BCUT2D eigenvalue weighted by Gasteiger charge is 2.34. The summed E-state index contributed by atoms with van der Waals surface area (Å²) < 4.78 is 54.2. The Morgan fingerprint density at radius 3 is 2.00 bits per heavy atom. The third kappa shape index (κ3) is 4.91. The minimum atomic E-state index is -4.36. The third-order valence-corrected chi connectivity index (χ3v) is 6.92. The van der Waals surface area contributed by atoms with Crippen molar-refractivity contribution in [2.45, 2.75) is 18.7 Å². The van der Waals surface area contributed by atoms with E-state index in [4.69, 9.17) is 0 Å². The molecule has 1 aliphatic rings. The average Bonchev–Trinajstić information content (AvgIpc) is 2.73. The summed E-state index contributed by atoms with van der Waals surface area (Å²) in [6, 6.07) is 9.28. The predicted molar refractivity (Wildman–Crippen MR) is 111 cm³/mol. The van der Waals surface area contributed by atoms with Crippen molar-refractivity contribution in [3.05, 3.63) is 59.7 Å². The molecule has 0 saturated carbocycles. The van der Waals surface area contributed by atoms with Gasteiger partial charge >= 0.3 is 0 Å². The molecule has 0 bridgehead atoms. The summed E-state index contributed by atoms with van der Waals surface area (Å²) in [6.07, 6.45) is 0. The number of halogens is 2. The minimum Gasteiger partial charge on any atom is -0.336 e. The number of amides is 2. The molecule has 1 saturated heterocycles. The number of hydrogen-bond acceptors (Lipinski definition) is 4. The highest BCUT2D eigenvalue weighted by Crippen LogP contribution is 2.24. The lowest BCUT2D eigenvalue weighted by Gasteiger charge is -2.34. The Labute approximate surface area is 179 Å². The zero-order valence-corrected chi connectivity index (χ0v) is 18.0. The first kappa shape index (κ1) is 22.8. The number of anilines is 1. The number of carbonyl (C=O) groups excluding carboxylic acids is 2. The lowest BCUT2D eigenvalue weighted by Crippen LogP contribution is -2.50. The third-order valence-electron chi connectivity index (χ3n) is 4.97. The molecule has 31 heavy (non-hydrogen) atoms. The van der Waals surface area contributed by atoms with Crippen molar-refractivity contribution in [2.24, 2.45) is 5.92 Å². The van der Waals surface area contributed by atoms with E-state index in [0.29, 0.717) is 11.3 Å². The Kier molecular flexibility index (Phi) is 6.71. The molecule has 1 aliphatic heterocycles. The number of carbonyl (C=O) groups is 2. The first-order chi connectivity index (χ1) is 14.6. The summed E-state index contributed by atoms with van der Waals surface area (Å²) in [4.78, 5) is 25.0. The van der Waals surface area contributed by atoms with Crippen molar-refractivity contribution < 1.29 is 26.8 Å². The van der Waals surface area contributed by atoms with E-state index in [9.17, 15) is 26.8 Å². The number of hydrogen-bond donors (Lipinski definition) is 1. The zero-order chi connectivity index (χ0) is 22.8. The standard InChI is InChI=1S/C21H23F2N3O4S/c1-14(2)20(27)24-16-8-6-15(7-9-16)21(28)25-10-12-26(13-11-25)31(29,30)19-17(22)4-3-5-18(19)23/h3-9,14H,10-13H2,1-2H3,(H,24,27). The van der Waals surface area contributed by atoms with Crippen LogP contribution in [0.5, 0.6) is 0 Å². The minimum absolute atomic E-state index is 0.0790. The molecule has 7 nitrogen and oxygen atoms in total. The van der Waals surface area contributed by atoms with Gasteiger partial charge in [-0.1, -0.05) is 19.9 Å². The Morgan fingerprint density at radius 2 is 1.48 bits per heavy atom. The average molecular weight is 451 g/mol. The topological polar surface area (TPSA) is 86.8 Å². The number of rotatable bonds is 5. The summed E-state index contributed by atoms with van der Waals surface area (Å²) in [6.45, 7) is 3.55. The van der Waals surface area contributed by atoms with Crippen LogP contribution < -0.4 is 5.32 Å². The Hall–Kier alpha value is -2.85. The van der Waals surface area contributed by atoms with E-state index >= 15 is 0 Å². The van der Waals surface area contributed by atoms with Gasteiger partial charge in [-0.25, -0.2) is 17.2 Å². The molecule has 0 aliphatic carbocycles. The Balaban J connectivity index is 1.65. The van der Waals surface area contributed by atoms with Crippen molar-refractivity contribution in [3.8, 4) is 0 Å². The summed E-state index contributed by atoms with van der Waals surface area (Å²) in [5, 5.41) is 2.74. The van der Waals surface area contributed by atoms with Gasteiger partial charge < -0.3 is 10.2 Å². The van der Waals surface area contributed by atoms with Gasteiger partial charge in [-0.2, -0.15) is 4.31 Å². The number of nitrogens with one attached hydrogen (secondary N) is 1. The number of nitrogens with zero attached hydrogens (tertiary/aromatic N) is 2. The van der Waals surface area contributed by atoms with Crippen LogP contribution >= 0.6 is 0 Å². The van der Waals surface area contributed by atoms with Gasteiger partial charge in [-0.15, -0.1) is 0 Å². The van der Waals surface area contributed by atoms with Crippen LogP contribution in [0.4, 0.5) is 14.5 Å². The van der Waals surface area contributed by atoms with Crippen molar-refractivity contribution >= 4 is 27.5 Å². The molecule has 1 fully saturated rings. The summed E-state index contributed by atoms with van der Waals surface area (Å²) >= 11 is 0. The van der Waals surface area contributed by atoms with E-state index in [1.165, 1.54) is 4.90 Å². The van der Waals surface area contributed by atoms with Crippen LogP contribution in [0.1, 0.15) is 24.2 Å². The van der Waals surface area contributed by atoms with E-state index in [1.807, 2.05) is 0 Å². The quantitative estimate of drug-likeness (QED) is 0.757. The van der Waals surface area contributed by atoms with Crippen LogP contribution in [-0.4, -0.2) is 55.6 Å². The SMILES string of the molecule is CC(C)C(=O)Nc1ccc(C(=O)N2CCN(S(=O)(=O)c3c(F)cccc3F)CC2)cc1. The number of benzene rings is 2. The molecule has 0 aromatic heterocycles. The van der Waals surface area contributed by atoms with Crippen LogP contribution in [0.25, 0.3) is 0 Å². The van der Waals surface area contributed by atoms with Gasteiger partial charge in [0.05, 0.1) is 0 Å². The second kappa shape index (κ2) is 9.11. The van der Waals surface area contributed by atoms with Gasteiger partial charge in [0.15, 0.2) is 4.90 Å². The first-order valence-electron chi connectivity index (χ1n) is 9.75. The maximum Gasteiger partial charge on any atom is 0.253 e. The summed E-state index contributed by atoms with van der Waals surface area (Å²) in [7, 11) is -4.36. The highest BCUT2D eigenvalue weighted by molar-refractivity contribution is 7.89. The molecule has 2 aromatic rings. The fraction of sp³-hybridized carbons (Fsp3) is 0.333. The monoisotopic (exact) mass is 451 g/mol. The maximum atomic E-state index is 13.9. The van der Waals surface area contributed by atoms with Gasteiger partial charge in [-0.3, -0.25) is 9.59 Å². The molecule has 2 amide bonds. The summed E-state index contributed by atoms with van der Waals surface area (Å²) in [5.74, 6) is -2.91. The van der Waals surface area contributed by atoms with Gasteiger partial charge in [-0.05, 0) is 36.4 Å². The molecule has 3 rings (SSSR count). The van der Waals surface area contributed by atoms with E-state index in [1.54, 1.807) is 38.1 Å². The van der Waals surface area contributed by atoms with Crippen molar-refractivity contribution in [1.82, 2.24) is 9.21 Å². The van der Waals surface area contributed by atoms with Crippen molar-refractivity contribution in [3.63, 3.8) is 0 Å². The van der Waals surface area contributed by atoms with E-state index < -0.39 is 26.6 Å². The molecular formula is C21H23F2N3O4S. The molecule has 1 heterocycles. The predicted octanol–water partition coefficient (Wildman–Crippen LogP) is 2.71. The van der Waals surface area contributed by atoms with Crippen LogP contribution in [-0.2, 0) is 14.8 Å². The van der Waals surface area contributed by atoms with E-state index in [2.05, 4.69) is 5.32 Å². The molecule has 0 atom stereocenters. The molecule has 1 N–H and O–H groups in total. The van der Waals surface area contributed by atoms with Crippen LogP contribution in [0.3, 0.4) is 0 Å². The van der Waals surface area contributed by atoms with Gasteiger partial charge in [0, 0.05) is 43.3 Å². The van der Waals surface area contributed by atoms with Crippen molar-refractivity contribution in [2.75, 3.05) is 31.5 Å². The zero-order valence-electron chi connectivity index (χ0n) is 17.1. The number of sulfonamides is 1. The Morgan fingerprint density at radius 1 is 0.935 bits per heavy atom. The largest absolute Gasteiger partial charge is 0.336 e. The fourth-order valence-electron chi connectivity index (χ4n) is 3.15. The van der Waals surface area contributed by atoms with Crippen LogP contribution in [0.2, 0.25) is 0 Å². The second-order valence-electron chi connectivity index (χ2n) is 7.47. The molecule has 2 aromatic carbocycles. The lowest BCUT2D eigenvalue weighted by molar-refractivity contribution is -0.118. The van der Waals surface area contributed by atoms with Crippen LogP contribution in [0.15, 0.2) is 47.4 Å². The highest BCUT2D eigenvalue weighted by atomic mass is 32.2. The van der Waals surface area contributed by atoms with Gasteiger partial charge in [0.2, 0.25) is 15.9 Å². The molecule has 0 unspecified atom stereocenters. The number of piperazine rings is 1. The second-order valence-corrected chi connectivity index (χ2v) is 9.34. The van der Waals surface area contributed by atoms with Gasteiger partial charge in [0.1, 0.15) is 11.6 Å². The maximum absolute atomic E-state index is 13.9. The normalized spacial score (nSPS) is 15.2. The summed E-state index contributed by atoms with van der Waals surface area (Å²) in [5.41, 5.74) is 0.956. The first-order valence-corrected chi connectivity index (χ1v) is 11.2.